The van der Waals surface area contributed by atoms with Crippen LogP contribution in [0.2, 0.25) is 10.0 Å². The number of halogens is 2. The second kappa shape index (κ2) is 10.0. The molecule has 0 unspecified atom stereocenters. The molecule has 1 aliphatic rings. The molecule has 0 saturated carbocycles. The minimum Gasteiger partial charge on any atom is -0.354 e. The van der Waals surface area contributed by atoms with E-state index in [4.69, 9.17) is 32.7 Å². The predicted molar refractivity (Wildman–Crippen MR) is 140 cm³/mol. The van der Waals surface area contributed by atoms with Crippen molar-refractivity contribution in [2.45, 2.75) is 25.7 Å². The molecule has 1 aliphatic heterocycles. The zero-order chi connectivity index (χ0) is 23.7. The first-order valence-electron chi connectivity index (χ1n) is 10.9. The van der Waals surface area contributed by atoms with Crippen molar-refractivity contribution in [3.63, 3.8) is 0 Å². The van der Waals surface area contributed by atoms with E-state index in [1.165, 1.54) is 5.56 Å². The first kappa shape index (κ1) is 23.3. The number of carbonyl (C=O) groups excluding carboxylic acids is 1. The van der Waals surface area contributed by atoms with E-state index in [1.807, 2.05) is 33.9 Å². The summed E-state index contributed by atoms with van der Waals surface area (Å²) in [5.41, 5.74) is 3.48. The summed E-state index contributed by atoms with van der Waals surface area (Å²) >= 11 is 15.4. The summed E-state index contributed by atoms with van der Waals surface area (Å²) in [5, 5.41) is 10.2. The Morgan fingerprint density at radius 1 is 1.12 bits per heavy atom. The van der Waals surface area contributed by atoms with Crippen LogP contribution >= 0.6 is 45.9 Å². The fourth-order valence-electron chi connectivity index (χ4n) is 3.93. The number of hydrogen-bond acceptors (Lipinski definition) is 6. The van der Waals surface area contributed by atoms with E-state index in [-0.39, 0.29) is 5.91 Å². The molecule has 0 aliphatic carbocycles. The highest BCUT2D eigenvalue weighted by atomic mass is 35.5. The van der Waals surface area contributed by atoms with Crippen molar-refractivity contribution in [1.82, 2.24) is 15.0 Å². The third kappa shape index (κ3) is 4.98. The monoisotopic (exact) mass is 529 g/mol. The van der Waals surface area contributed by atoms with Gasteiger partial charge in [0.25, 0.3) is 0 Å². The van der Waals surface area contributed by atoms with Gasteiger partial charge in [0, 0.05) is 47.0 Å². The van der Waals surface area contributed by atoms with Crippen LogP contribution in [0.25, 0.3) is 28.8 Å². The van der Waals surface area contributed by atoms with Gasteiger partial charge >= 0.3 is 0 Å². The van der Waals surface area contributed by atoms with E-state index >= 15 is 0 Å². The van der Waals surface area contributed by atoms with E-state index in [1.54, 1.807) is 40.9 Å². The van der Waals surface area contributed by atoms with Crippen molar-refractivity contribution in [3.05, 3.63) is 72.7 Å². The number of hydrogen-bond donors (Lipinski definition) is 0. The molecule has 1 fully saturated rings. The Hall–Kier alpha value is -2.45. The lowest BCUT2D eigenvalue weighted by Gasteiger charge is -2.30. The largest absolute Gasteiger partial charge is 0.354 e. The Morgan fingerprint density at radius 2 is 1.94 bits per heavy atom. The van der Waals surface area contributed by atoms with Gasteiger partial charge in [0.2, 0.25) is 5.91 Å². The first-order chi connectivity index (χ1) is 16.5. The maximum atomic E-state index is 12.6. The number of rotatable bonds is 5. The van der Waals surface area contributed by atoms with Crippen LogP contribution in [0.15, 0.2) is 51.7 Å². The van der Waals surface area contributed by atoms with Gasteiger partial charge in [-0.25, -0.2) is 4.98 Å². The van der Waals surface area contributed by atoms with Crippen molar-refractivity contribution < 1.29 is 9.32 Å². The number of aryl methyl sites for hydroxylation is 1. The number of benzene rings is 1. The molecule has 34 heavy (non-hydrogen) atoms. The van der Waals surface area contributed by atoms with Crippen LogP contribution in [0, 0.1) is 6.92 Å². The van der Waals surface area contributed by atoms with Crippen LogP contribution in [0.5, 0.6) is 0 Å². The lowest BCUT2D eigenvalue weighted by atomic mass is 9.97. The second-order valence-electron chi connectivity index (χ2n) is 8.18. The first-order valence-corrected chi connectivity index (χ1v) is 13.4. The summed E-state index contributed by atoms with van der Waals surface area (Å²) in [6.45, 7) is 3.52. The number of likely N-dealkylation sites (tertiary alicyclic amines) is 1. The van der Waals surface area contributed by atoms with Crippen molar-refractivity contribution in [1.29, 1.82) is 0 Å². The average Bonchev–Trinajstić information content (AvgIpc) is 3.60. The van der Waals surface area contributed by atoms with E-state index in [2.05, 4.69) is 18.1 Å². The van der Waals surface area contributed by atoms with E-state index in [9.17, 15) is 4.79 Å². The Bertz CT molecular complexity index is 1350. The van der Waals surface area contributed by atoms with Crippen LogP contribution in [0.1, 0.15) is 34.2 Å². The Morgan fingerprint density at radius 3 is 2.68 bits per heavy atom. The van der Waals surface area contributed by atoms with Crippen molar-refractivity contribution in [2.24, 2.45) is 0 Å². The molecule has 4 aromatic rings. The Labute approximate surface area is 215 Å². The average molecular weight is 531 g/mol. The third-order valence-electron chi connectivity index (χ3n) is 5.93. The van der Waals surface area contributed by atoms with Gasteiger partial charge in [-0.1, -0.05) is 34.4 Å². The van der Waals surface area contributed by atoms with Crippen LogP contribution < -0.4 is 0 Å². The number of thiophene rings is 1. The summed E-state index contributed by atoms with van der Waals surface area (Å²) < 4.78 is 5.55. The number of aromatic nitrogens is 2. The topological polar surface area (TPSA) is 59.2 Å². The van der Waals surface area contributed by atoms with Gasteiger partial charge in [0.15, 0.2) is 5.76 Å². The van der Waals surface area contributed by atoms with Gasteiger partial charge in [-0.3, -0.25) is 4.79 Å². The molecule has 1 aromatic carbocycles. The highest BCUT2D eigenvalue weighted by molar-refractivity contribution is 7.11. The molecule has 4 heterocycles. The zero-order valence-corrected chi connectivity index (χ0v) is 21.5. The normalized spacial score (nSPS) is 14.9. The number of thiazole rings is 1. The van der Waals surface area contributed by atoms with Crippen molar-refractivity contribution >= 4 is 57.9 Å². The smallest absolute Gasteiger partial charge is 0.246 e. The van der Waals surface area contributed by atoms with Gasteiger partial charge in [0.05, 0.1) is 15.1 Å². The van der Waals surface area contributed by atoms with Crippen LogP contribution in [-0.2, 0) is 4.79 Å². The van der Waals surface area contributed by atoms with Crippen LogP contribution in [0.4, 0.5) is 0 Å². The van der Waals surface area contributed by atoms with E-state index < -0.39 is 0 Å². The Balaban J connectivity index is 1.21. The highest BCUT2D eigenvalue weighted by Crippen LogP contribution is 2.35. The Kier molecular flexibility index (Phi) is 6.88. The molecular formula is C25H21Cl2N3O2S2. The van der Waals surface area contributed by atoms with Gasteiger partial charge in [-0.05, 0) is 55.0 Å². The van der Waals surface area contributed by atoms with Crippen molar-refractivity contribution in [3.8, 4) is 22.7 Å². The lowest BCUT2D eigenvalue weighted by Crippen LogP contribution is -2.36. The predicted octanol–water partition coefficient (Wildman–Crippen LogP) is 7.56. The summed E-state index contributed by atoms with van der Waals surface area (Å²) in [7, 11) is 0. The maximum absolute atomic E-state index is 12.6. The van der Waals surface area contributed by atoms with Gasteiger partial charge in [-0.2, -0.15) is 0 Å². The highest BCUT2D eigenvalue weighted by Gasteiger charge is 2.25. The fraction of sp³-hybridized carbons (Fsp3) is 0.240. The molecule has 0 bridgehead atoms. The summed E-state index contributed by atoms with van der Waals surface area (Å²) in [6.07, 6.45) is 5.41. The molecule has 1 amide bonds. The number of nitrogens with zero attached hydrogens (tertiary/aromatic N) is 3. The second-order valence-corrected chi connectivity index (χ2v) is 10.8. The number of carbonyl (C=O) groups is 1. The maximum Gasteiger partial charge on any atom is 0.246 e. The van der Waals surface area contributed by atoms with Gasteiger partial charge in [-0.15, -0.1) is 22.7 Å². The molecule has 0 atom stereocenters. The van der Waals surface area contributed by atoms with Crippen LogP contribution in [-0.4, -0.2) is 34.0 Å². The molecule has 9 heteroatoms. The minimum absolute atomic E-state index is 0.0718. The van der Waals surface area contributed by atoms with E-state index in [0.717, 1.165) is 47.1 Å². The molecule has 0 N–H and O–H groups in total. The standard InChI is InChI=1S/C25H21Cl2N3O2S2/c1-15-8-11-33-23(15)4-5-24(31)30-9-6-16(7-10-30)25-28-21(14-34-25)22-13-20(29-32-22)17-2-3-18(26)19(27)12-17/h2-5,8,11-14,16H,6-7,9-10H2,1H3. The molecule has 3 aromatic heterocycles. The number of amides is 1. The number of piperidine rings is 1. The molecule has 5 nitrogen and oxygen atoms in total. The third-order valence-corrected chi connectivity index (χ3v) is 8.67. The van der Waals surface area contributed by atoms with Crippen molar-refractivity contribution in [2.75, 3.05) is 13.1 Å². The molecule has 5 rings (SSSR count). The SMILES string of the molecule is Cc1ccsc1C=CC(=O)N1CCC(c2nc(-c3cc(-c4ccc(Cl)c(Cl)c4)no3)cs2)CC1. The molecule has 0 radical (unpaired) electrons. The summed E-state index contributed by atoms with van der Waals surface area (Å²) in [6, 6.07) is 9.29. The summed E-state index contributed by atoms with van der Waals surface area (Å²) in [5.74, 6) is 1.02. The fourth-order valence-corrected chi connectivity index (χ4v) is 6.03. The quantitative estimate of drug-likeness (QED) is 0.250. The lowest BCUT2D eigenvalue weighted by molar-refractivity contribution is -0.126. The minimum atomic E-state index is 0.0718. The molecular weight excluding hydrogens is 509 g/mol. The van der Waals surface area contributed by atoms with Gasteiger partial charge < -0.3 is 9.42 Å². The molecule has 1 saturated heterocycles. The molecule has 0 spiro atoms. The molecule has 174 valence electrons. The summed E-state index contributed by atoms with van der Waals surface area (Å²) in [4.78, 5) is 20.5. The van der Waals surface area contributed by atoms with Gasteiger partial charge in [0.1, 0.15) is 11.4 Å². The van der Waals surface area contributed by atoms with E-state index in [0.29, 0.717) is 27.4 Å². The van der Waals surface area contributed by atoms with Crippen LogP contribution in [0.3, 0.4) is 0 Å². The zero-order valence-electron chi connectivity index (χ0n) is 18.3.